The average Bonchev–Trinajstić information content (AvgIpc) is 2.73. The second-order valence-electron chi connectivity index (χ2n) is 4.34. The molecule has 4 heteroatoms. The Bertz CT molecular complexity index is 613. The van der Waals surface area contributed by atoms with E-state index < -0.39 is 0 Å². The van der Waals surface area contributed by atoms with E-state index in [4.69, 9.17) is 23.2 Å². The Balaban J connectivity index is 1.99. The van der Waals surface area contributed by atoms with Gasteiger partial charge in [-0.2, -0.15) is 0 Å². The molecule has 0 saturated heterocycles. The number of anilines is 1. The van der Waals surface area contributed by atoms with Gasteiger partial charge in [0, 0.05) is 10.0 Å². The molecule has 1 nitrogen and oxygen atoms in total. The molecular weight excluding hydrogens is 272 g/mol. The Hall–Kier alpha value is -1.25. The van der Waals surface area contributed by atoms with Crippen molar-refractivity contribution in [2.24, 2.45) is 0 Å². The number of fused-ring (bicyclic) bond motifs is 1. The molecule has 0 saturated carbocycles. The molecule has 0 spiro atoms. The van der Waals surface area contributed by atoms with Gasteiger partial charge in [-0.1, -0.05) is 41.4 Å². The van der Waals surface area contributed by atoms with Crippen molar-refractivity contribution in [3.05, 3.63) is 63.4 Å². The number of nitrogens with one attached hydrogen (secondary N) is 1. The minimum Gasteiger partial charge on any atom is -0.375 e. The zero-order valence-corrected chi connectivity index (χ0v) is 10.9. The molecule has 2 aromatic carbocycles. The van der Waals surface area contributed by atoms with E-state index in [2.05, 4.69) is 5.32 Å². The molecule has 1 aliphatic heterocycles. The van der Waals surface area contributed by atoms with Crippen LogP contribution >= 0.6 is 23.2 Å². The van der Waals surface area contributed by atoms with Crippen LogP contribution in [0.3, 0.4) is 0 Å². The number of benzene rings is 2. The van der Waals surface area contributed by atoms with Gasteiger partial charge in [-0.25, -0.2) is 4.39 Å². The predicted octanol–water partition coefficient (Wildman–Crippen LogP) is 4.84. The van der Waals surface area contributed by atoms with Gasteiger partial charge in [-0.05, 0) is 35.7 Å². The number of rotatable bonds is 1. The van der Waals surface area contributed by atoms with E-state index in [0.29, 0.717) is 22.2 Å². The first-order valence-corrected chi connectivity index (χ1v) is 6.39. The zero-order chi connectivity index (χ0) is 12.7. The first-order valence-electron chi connectivity index (χ1n) is 5.64. The van der Waals surface area contributed by atoms with E-state index in [-0.39, 0.29) is 11.9 Å². The van der Waals surface area contributed by atoms with Crippen molar-refractivity contribution in [3.63, 3.8) is 0 Å². The third-order valence-corrected chi connectivity index (χ3v) is 3.72. The summed E-state index contributed by atoms with van der Waals surface area (Å²) in [5.74, 6) is -0.313. The summed E-state index contributed by atoms with van der Waals surface area (Å²) >= 11 is 12.0. The van der Waals surface area contributed by atoms with E-state index in [1.807, 2.05) is 24.3 Å². The third kappa shape index (κ3) is 1.96. The van der Waals surface area contributed by atoms with Crippen LogP contribution in [0.15, 0.2) is 36.4 Å². The van der Waals surface area contributed by atoms with Crippen LogP contribution in [0, 0.1) is 5.82 Å². The topological polar surface area (TPSA) is 12.0 Å². The van der Waals surface area contributed by atoms with Gasteiger partial charge in [0.2, 0.25) is 0 Å². The summed E-state index contributed by atoms with van der Waals surface area (Å²) in [6.07, 6.45) is 0.691. The van der Waals surface area contributed by atoms with Crippen molar-refractivity contribution >= 4 is 28.9 Å². The largest absolute Gasteiger partial charge is 0.375 e. The molecule has 1 aliphatic rings. The monoisotopic (exact) mass is 281 g/mol. The molecule has 1 N–H and O–H groups in total. The number of halogens is 3. The van der Waals surface area contributed by atoms with Crippen LogP contribution in [0.5, 0.6) is 0 Å². The fraction of sp³-hybridized carbons (Fsp3) is 0.143. The molecule has 0 fully saturated rings. The summed E-state index contributed by atoms with van der Waals surface area (Å²) in [6, 6.07) is 10.7. The Kier molecular flexibility index (Phi) is 2.92. The highest BCUT2D eigenvalue weighted by atomic mass is 35.5. The Morgan fingerprint density at radius 3 is 2.72 bits per heavy atom. The normalized spacial score (nSPS) is 17.4. The molecule has 1 unspecified atom stereocenters. The van der Waals surface area contributed by atoms with Gasteiger partial charge in [0.1, 0.15) is 5.82 Å². The summed E-state index contributed by atoms with van der Waals surface area (Å²) in [6.45, 7) is 0. The summed E-state index contributed by atoms with van der Waals surface area (Å²) in [5, 5.41) is 4.28. The second-order valence-corrected chi connectivity index (χ2v) is 5.19. The van der Waals surface area contributed by atoms with Crippen LogP contribution in [0.1, 0.15) is 17.2 Å². The molecule has 18 heavy (non-hydrogen) atoms. The molecule has 0 aromatic heterocycles. The summed E-state index contributed by atoms with van der Waals surface area (Å²) in [4.78, 5) is 0. The Morgan fingerprint density at radius 1 is 1.17 bits per heavy atom. The maximum Gasteiger partial charge on any atom is 0.148 e. The van der Waals surface area contributed by atoms with E-state index in [0.717, 1.165) is 11.1 Å². The summed E-state index contributed by atoms with van der Waals surface area (Å²) in [7, 11) is 0. The SMILES string of the molecule is Fc1cc(Cl)cc2c1NC(c1ccccc1Cl)C2. The lowest BCUT2D eigenvalue weighted by Gasteiger charge is -2.13. The van der Waals surface area contributed by atoms with E-state index >= 15 is 0 Å². The molecule has 3 rings (SSSR count). The minimum atomic E-state index is -0.313. The quantitative estimate of drug-likeness (QED) is 0.789. The van der Waals surface area contributed by atoms with Crippen LogP contribution in [0.4, 0.5) is 10.1 Å². The zero-order valence-electron chi connectivity index (χ0n) is 9.38. The molecule has 1 atom stereocenters. The third-order valence-electron chi connectivity index (χ3n) is 3.16. The van der Waals surface area contributed by atoms with Crippen LogP contribution in [-0.4, -0.2) is 0 Å². The van der Waals surface area contributed by atoms with Gasteiger partial charge in [0.05, 0.1) is 11.7 Å². The smallest absolute Gasteiger partial charge is 0.148 e. The van der Waals surface area contributed by atoms with Crippen LogP contribution in [0.25, 0.3) is 0 Å². The maximum absolute atomic E-state index is 13.8. The van der Waals surface area contributed by atoms with Gasteiger partial charge in [-0.3, -0.25) is 0 Å². The van der Waals surface area contributed by atoms with Crippen molar-refractivity contribution in [2.75, 3.05) is 5.32 Å². The second kappa shape index (κ2) is 4.45. The van der Waals surface area contributed by atoms with Crippen molar-refractivity contribution in [1.29, 1.82) is 0 Å². The number of hydrogen-bond donors (Lipinski definition) is 1. The van der Waals surface area contributed by atoms with Gasteiger partial charge in [0.25, 0.3) is 0 Å². The van der Waals surface area contributed by atoms with Gasteiger partial charge in [-0.15, -0.1) is 0 Å². The van der Waals surface area contributed by atoms with Crippen LogP contribution in [-0.2, 0) is 6.42 Å². The lowest BCUT2D eigenvalue weighted by atomic mass is 10.0. The first-order chi connectivity index (χ1) is 8.65. The fourth-order valence-corrected chi connectivity index (χ4v) is 2.84. The first kappa shape index (κ1) is 11.8. The highest BCUT2D eigenvalue weighted by Gasteiger charge is 2.26. The minimum absolute atomic E-state index is 0.00154. The molecular formula is C14H10Cl2FN. The molecule has 0 bridgehead atoms. The molecule has 1 heterocycles. The van der Waals surface area contributed by atoms with Crippen LogP contribution < -0.4 is 5.32 Å². The van der Waals surface area contributed by atoms with Crippen molar-refractivity contribution < 1.29 is 4.39 Å². The van der Waals surface area contributed by atoms with Gasteiger partial charge < -0.3 is 5.32 Å². The van der Waals surface area contributed by atoms with E-state index in [1.165, 1.54) is 6.07 Å². The van der Waals surface area contributed by atoms with Gasteiger partial charge in [0.15, 0.2) is 0 Å². The van der Waals surface area contributed by atoms with E-state index in [9.17, 15) is 4.39 Å². The Labute approximate surface area is 115 Å². The molecule has 2 aromatic rings. The van der Waals surface area contributed by atoms with E-state index in [1.54, 1.807) is 6.07 Å². The molecule has 0 amide bonds. The predicted molar refractivity (Wildman–Crippen MR) is 72.9 cm³/mol. The average molecular weight is 282 g/mol. The summed E-state index contributed by atoms with van der Waals surface area (Å²) in [5.41, 5.74) is 2.40. The van der Waals surface area contributed by atoms with Crippen molar-refractivity contribution in [2.45, 2.75) is 12.5 Å². The lowest BCUT2D eigenvalue weighted by molar-refractivity contribution is 0.631. The molecule has 0 aliphatic carbocycles. The number of hydrogen-bond acceptors (Lipinski definition) is 1. The van der Waals surface area contributed by atoms with Crippen molar-refractivity contribution in [1.82, 2.24) is 0 Å². The highest BCUT2D eigenvalue weighted by molar-refractivity contribution is 6.31. The summed E-state index contributed by atoms with van der Waals surface area (Å²) < 4.78 is 13.8. The molecule has 92 valence electrons. The van der Waals surface area contributed by atoms with Crippen LogP contribution in [0.2, 0.25) is 10.0 Å². The lowest BCUT2D eigenvalue weighted by Crippen LogP contribution is -2.06. The Morgan fingerprint density at radius 2 is 1.94 bits per heavy atom. The molecule has 0 radical (unpaired) electrons. The highest BCUT2D eigenvalue weighted by Crippen LogP contribution is 2.39. The van der Waals surface area contributed by atoms with Crippen molar-refractivity contribution in [3.8, 4) is 0 Å². The standard InChI is InChI=1S/C14H10Cl2FN/c15-9-5-8-6-13(18-14(8)12(17)7-9)10-3-1-2-4-11(10)16/h1-5,7,13,18H,6H2. The fourth-order valence-electron chi connectivity index (χ4n) is 2.34. The maximum atomic E-state index is 13.8. The van der Waals surface area contributed by atoms with Gasteiger partial charge >= 0.3 is 0 Å².